The Morgan fingerprint density at radius 3 is 2.29 bits per heavy atom. The van der Waals surface area contributed by atoms with Crippen LogP contribution in [-0.2, 0) is 9.47 Å². The maximum atomic E-state index is 9.93. The molecule has 1 rings (SSSR count). The fourth-order valence-electron chi connectivity index (χ4n) is 2.13. The molecule has 0 aromatic carbocycles. The van der Waals surface area contributed by atoms with Crippen LogP contribution in [0, 0.1) is 0 Å². The van der Waals surface area contributed by atoms with Crippen LogP contribution in [-0.4, -0.2) is 60.2 Å². The van der Waals surface area contributed by atoms with Gasteiger partial charge in [0.1, 0.15) is 0 Å². The first kappa shape index (κ1) is 14.9. The van der Waals surface area contributed by atoms with E-state index in [4.69, 9.17) is 9.47 Å². The van der Waals surface area contributed by atoms with Crippen molar-refractivity contribution in [2.75, 3.05) is 26.2 Å². The van der Waals surface area contributed by atoms with Gasteiger partial charge in [0, 0.05) is 19.6 Å². The van der Waals surface area contributed by atoms with Gasteiger partial charge >= 0.3 is 0 Å². The third-order valence-corrected chi connectivity index (χ3v) is 2.67. The molecule has 4 heteroatoms. The summed E-state index contributed by atoms with van der Waals surface area (Å²) in [5, 5.41) is 9.93. The van der Waals surface area contributed by atoms with E-state index >= 15 is 0 Å². The highest BCUT2D eigenvalue weighted by molar-refractivity contribution is 4.75. The molecule has 0 unspecified atom stereocenters. The fourth-order valence-corrected chi connectivity index (χ4v) is 2.13. The SMILES string of the molecule is C[C@@H]1CN(C[C@@H](O)COC(C)(C)C)C[C@H](C)O1. The van der Waals surface area contributed by atoms with E-state index in [-0.39, 0.29) is 17.8 Å². The average Bonchev–Trinajstić information content (AvgIpc) is 2.11. The highest BCUT2D eigenvalue weighted by Gasteiger charge is 2.24. The summed E-state index contributed by atoms with van der Waals surface area (Å²) in [6, 6.07) is 0. The zero-order chi connectivity index (χ0) is 13.1. The van der Waals surface area contributed by atoms with E-state index in [0.29, 0.717) is 13.2 Å². The summed E-state index contributed by atoms with van der Waals surface area (Å²) < 4.78 is 11.2. The lowest BCUT2D eigenvalue weighted by Crippen LogP contribution is -2.48. The van der Waals surface area contributed by atoms with Gasteiger partial charge in [-0.25, -0.2) is 0 Å². The Morgan fingerprint density at radius 1 is 1.29 bits per heavy atom. The van der Waals surface area contributed by atoms with E-state index in [0.717, 1.165) is 13.1 Å². The molecule has 1 N–H and O–H groups in total. The number of hydrogen-bond acceptors (Lipinski definition) is 4. The van der Waals surface area contributed by atoms with Crippen LogP contribution in [0.3, 0.4) is 0 Å². The summed E-state index contributed by atoms with van der Waals surface area (Å²) in [5.41, 5.74) is -0.188. The third kappa shape index (κ3) is 6.36. The normalized spacial score (nSPS) is 29.3. The fraction of sp³-hybridized carbons (Fsp3) is 1.00. The standard InChI is InChI=1S/C13H27NO3/c1-10-6-14(7-11(2)17-10)8-12(15)9-16-13(3,4)5/h10-12,15H,6-9H2,1-5H3/t10-,11+,12-/m1/s1. The van der Waals surface area contributed by atoms with E-state index < -0.39 is 6.10 Å². The van der Waals surface area contributed by atoms with Gasteiger partial charge in [-0.05, 0) is 34.6 Å². The molecule has 0 radical (unpaired) electrons. The minimum absolute atomic E-state index is 0.188. The molecule has 1 saturated heterocycles. The molecule has 17 heavy (non-hydrogen) atoms. The Balaban J connectivity index is 2.28. The zero-order valence-corrected chi connectivity index (χ0v) is 11.8. The molecule has 1 fully saturated rings. The van der Waals surface area contributed by atoms with Gasteiger partial charge in [-0.15, -0.1) is 0 Å². The van der Waals surface area contributed by atoms with Crippen LogP contribution in [0.2, 0.25) is 0 Å². The smallest absolute Gasteiger partial charge is 0.0900 e. The largest absolute Gasteiger partial charge is 0.389 e. The number of morpholine rings is 1. The van der Waals surface area contributed by atoms with E-state index in [1.807, 2.05) is 20.8 Å². The van der Waals surface area contributed by atoms with Gasteiger partial charge in [-0.3, -0.25) is 4.90 Å². The summed E-state index contributed by atoms with van der Waals surface area (Å²) in [6.45, 7) is 13.0. The van der Waals surface area contributed by atoms with Gasteiger partial charge in [0.15, 0.2) is 0 Å². The third-order valence-electron chi connectivity index (χ3n) is 2.67. The molecule has 0 aliphatic carbocycles. The minimum Gasteiger partial charge on any atom is -0.389 e. The first-order valence-corrected chi connectivity index (χ1v) is 6.46. The minimum atomic E-state index is -0.424. The summed E-state index contributed by atoms with van der Waals surface area (Å²) >= 11 is 0. The lowest BCUT2D eigenvalue weighted by molar-refractivity contribution is -0.0929. The number of aliphatic hydroxyl groups is 1. The van der Waals surface area contributed by atoms with Crippen molar-refractivity contribution in [2.45, 2.75) is 58.5 Å². The van der Waals surface area contributed by atoms with Crippen molar-refractivity contribution < 1.29 is 14.6 Å². The van der Waals surface area contributed by atoms with E-state index in [9.17, 15) is 5.11 Å². The summed E-state index contributed by atoms with van der Waals surface area (Å²) in [6.07, 6.45) is 0.0655. The molecule has 102 valence electrons. The van der Waals surface area contributed by atoms with Crippen molar-refractivity contribution in [2.24, 2.45) is 0 Å². The number of nitrogens with zero attached hydrogens (tertiary/aromatic N) is 1. The highest BCUT2D eigenvalue weighted by Crippen LogP contribution is 2.12. The molecule has 0 aromatic rings. The number of ether oxygens (including phenoxy) is 2. The molecule has 4 nitrogen and oxygen atoms in total. The Labute approximate surface area is 105 Å². The van der Waals surface area contributed by atoms with Crippen LogP contribution in [0.4, 0.5) is 0 Å². The average molecular weight is 245 g/mol. The van der Waals surface area contributed by atoms with Crippen LogP contribution < -0.4 is 0 Å². The predicted molar refractivity (Wildman–Crippen MR) is 68.2 cm³/mol. The molecule has 0 aromatic heterocycles. The monoisotopic (exact) mass is 245 g/mol. The van der Waals surface area contributed by atoms with Crippen molar-refractivity contribution in [1.82, 2.24) is 4.90 Å². The van der Waals surface area contributed by atoms with Gasteiger partial charge in [0.25, 0.3) is 0 Å². The van der Waals surface area contributed by atoms with Crippen LogP contribution in [0.1, 0.15) is 34.6 Å². The maximum Gasteiger partial charge on any atom is 0.0900 e. The van der Waals surface area contributed by atoms with Gasteiger partial charge in [-0.1, -0.05) is 0 Å². The molecule has 1 aliphatic rings. The van der Waals surface area contributed by atoms with Gasteiger partial charge in [-0.2, -0.15) is 0 Å². The van der Waals surface area contributed by atoms with Gasteiger partial charge in [0.2, 0.25) is 0 Å². The number of hydrogen-bond donors (Lipinski definition) is 1. The van der Waals surface area contributed by atoms with Crippen molar-refractivity contribution in [1.29, 1.82) is 0 Å². The first-order chi connectivity index (χ1) is 7.76. The van der Waals surface area contributed by atoms with Gasteiger partial charge in [0.05, 0.1) is 30.5 Å². The Morgan fingerprint density at radius 2 is 1.82 bits per heavy atom. The Bertz CT molecular complexity index is 217. The lowest BCUT2D eigenvalue weighted by atomic mass is 10.2. The molecule has 3 atom stereocenters. The molecular weight excluding hydrogens is 218 g/mol. The second-order valence-corrected chi connectivity index (χ2v) is 6.05. The molecule has 0 spiro atoms. The van der Waals surface area contributed by atoms with Crippen molar-refractivity contribution in [3.8, 4) is 0 Å². The zero-order valence-electron chi connectivity index (χ0n) is 11.8. The van der Waals surface area contributed by atoms with Crippen molar-refractivity contribution >= 4 is 0 Å². The van der Waals surface area contributed by atoms with Crippen LogP contribution >= 0.6 is 0 Å². The molecule has 0 bridgehead atoms. The van der Waals surface area contributed by atoms with E-state index in [1.165, 1.54) is 0 Å². The lowest BCUT2D eigenvalue weighted by Gasteiger charge is -2.36. The van der Waals surface area contributed by atoms with Crippen LogP contribution in [0.25, 0.3) is 0 Å². The summed E-state index contributed by atoms with van der Waals surface area (Å²) in [5.74, 6) is 0. The number of aliphatic hydroxyl groups excluding tert-OH is 1. The van der Waals surface area contributed by atoms with E-state index in [1.54, 1.807) is 0 Å². The van der Waals surface area contributed by atoms with Crippen molar-refractivity contribution in [3.63, 3.8) is 0 Å². The number of rotatable bonds is 4. The second kappa shape index (κ2) is 6.14. The molecule has 1 heterocycles. The Kier molecular flexibility index (Phi) is 5.38. The van der Waals surface area contributed by atoms with E-state index in [2.05, 4.69) is 18.7 Å². The van der Waals surface area contributed by atoms with Crippen LogP contribution in [0.15, 0.2) is 0 Å². The maximum absolute atomic E-state index is 9.93. The molecular formula is C13H27NO3. The van der Waals surface area contributed by atoms with Gasteiger partial charge < -0.3 is 14.6 Å². The molecule has 1 aliphatic heterocycles. The molecule has 0 amide bonds. The predicted octanol–water partition coefficient (Wildman–Crippen LogP) is 1.27. The Hall–Kier alpha value is -0.160. The first-order valence-electron chi connectivity index (χ1n) is 6.46. The molecule has 0 saturated carbocycles. The summed E-state index contributed by atoms with van der Waals surface area (Å²) in [4.78, 5) is 2.25. The highest BCUT2D eigenvalue weighted by atomic mass is 16.5. The topological polar surface area (TPSA) is 41.9 Å². The second-order valence-electron chi connectivity index (χ2n) is 6.05. The van der Waals surface area contributed by atoms with Crippen molar-refractivity contribution in [3.05, 3.63) is 0 Å². The quantitative estimate of drug-likeness (QED) is 0.810. The van der Waals surface area contributed by atoms with Crippen LogP contribution in [0.5, 0.6) is 0 Å². The summed E-state index contributed by atoms with van der Waals surface area (Å²) in [7, 11) is 0. The number of β-amino-alcohol motifs (C(OH)–C–C–N with tert-alkyl or cyclic N) is 1.